The molecule has 0 saturated carbocycles. The second-order valence-electron chi connectivity index (χ2n) is 5.13. The fraction of sp³-hybridized carbons (Fsp3) is 0.917. The van der Waals surface area contributed by atoms with Crippen LogP contribution in [0.5, 0.6) is 0 Å². The summed E-state index contributed by atoms with van der Waals surface area (Å²) in [5.74, 6) is 0. The van der Waals surface area contributed by atoms with Gasteiger partial charge in [-0.25, -0.2) is 4.79 Å². The number of nitrogens with zero attached hydrogens (tertiary/aromatic N) is 2. The van der Waals surface area contributed by atoms with Crippen LogP contribution in [0.4, 0.5) is 4.79 Å². The highest BCUT2D eigenvalue weighted by Gasteiger charge is 2.36. The first-order valence-electron chi connectivity index (χ1n) is 6.02. The fourth-order valence-electron chi connectivity index (χ4n) is 2.15. The van der Waals surface area contributed by atoms with Crippen LogP contribution >= 0.6 is 0 Å². The zero-order chi connectivity index (χ0) is 11.5. The molecule has 3 nitrogen and oxygen atoms in total. The molecule has 1 heterocycles. The van der Waals surface area contributed by atoms with E-state index in [0.29, 0.717) is 0 Å². The Morgan fingerprint density at radius 2 is 1.93 bits per heavy atom. The highest BCUT2D eigenvalue weighted by Crippen LogP contribution is 2.25. The number of likely N-dealkylation sites (N-methyl/N-ethyl adjacent to an activating group) is 1. The molecule has 0 spiro atoms. The summed E-state index contributed by atoms with van der Waals surface area (Å²) >= 11 is 0. The Balaban J connectivity index is 2.49. The molecule has 1 saturated heterocycles. The first-order chi connectivity index (χ1) is 6.99. The Morgan fingerprint density at radius 1 is 1.27 bits per heavy atom. The predicted molar refractivity (Wildman–Crippen MR) is 63.0 cm³/mol. The van der Waals surface area contributed by atoms with Gasteiger partial charge in [-0.15, -0.1) is 0 Å². The van der Waals surface area contributed by atoms with Crippen LogP contribution in [0, 0.1) is 0 Å². The molecule has 0 aromatic heterocycles. The minimum Gasteiger partial charge on any atom is -0.326 e. The van der Waals surface area contributed by atoms with Gasteiger partial charge < -0.3 is 9.80 Å². The third-order valence-electron chi connectivity index (χ3n) is 3.34. The summed E-state index contributed by atoms with van der Waals surface area (Å²) < 4.78 is 0. The largest absolute Gasteiger partial charge is 0.326 e. The van der Waals surface area contributed by atoms with Crippen LogP contribution in [0.25, 0.3) is 0 Å². The van der Waals surface area contributed by atoms with E-state index in [2.05, 4.69) is 20.8 Å². The van der Waals surface area contributed by atoms with Crippen molar-refractivity contribution in [1.29, 1.82) is 0 Å². The van der Waals surface area contributed by atoms with E-state index < -0.39 is 0 Å². The molecular weight excluding hydrogens is 188 g/mol. The lowest BCUT2D eigenvalue weighted by atomic mass is 9.95. The lowest BCUT2D eigenvalue weighted by molar-refractivity contribution is 0.142. The maximum Gasteiger partial charge on any atom is 0.320 e. The molecule has 1 fully saturated rings. The number of hydrogen-bond donors (Lipinski definition) is 0. The molecule has 0 aromatic rings. The summed E-state index contributed by atoms with van der Waals surface area (Å²) in [5.41, 5.74) is 0.0248. The topological polar surface area (TPSA) is 23.6 Å². The molecule has 0 unspecified atom stereocenters. The van der Waals surface area contributed by atoms with E-state index in [9.17, 15) is 4.79 Å². The van der Waals surface area contributed by atoms with Gasteiger partial charge in [0.05, 0.1) is 0 Å². The summed E-state index contributed by atoms with van der Waals surface area (Å²) in [5, 5.41) is 0. The summed E-state index contributed by atoms with van der Waals surface area (Å²) in [6, 6.07) is 0.191. The molecule has 0 aliphatic carbocycles. The predicted octanol–water partition coefficient (Wildman–Crippen LogP) is 2.71. The maximum atomic E-state index is 11.8. The van der Waals surface area contributed by atoms with Crippen molar-refractivity contribution in [1.82, 2.24) is 9.80 Å². The first kappa shape index (κ1) is 12.3. The second-order valence-corrected chi connectivity index (χ2v) is 5.13. The smallest absolute Gasteiger partial charge is 0.320 e. The minimum absolute atomic E-state index is 0.0248. The molecule has 0 aromatic carbocycles. The van der Waals surface area contributed by atoms with Crippen molar-refractivity contribution in [3.63, 3.8) is 0 Å². The van der Waals surface area contributed by atoms with E-state index in [-0.39, 0.29) is 11.6 Å². The Hall–Kier alpha value is -0.730. The van der Waals surface area contributed by atoms with Gasteiger partial charge in [0.1, 0.15) is 0 Å². The second kappa shape index (κ2) is 4.86. The average molecular weight is 212 g/mol. The molecule has 0 bridgehead atoms. The van der Waals surface area contributed by atoms with Crippen LogP contribution in [0.2, 0.25) is 0 Å². The van der Waals surface area contributed by atoms with E-state index in [1.165, 1.54) is 19.3 Å². The summed E-state index contributed by atoms with van der Waals surface area (Å²) in [6.45, 7) is 8.33. The Bertz CT molecular complexity index is 226. The molecule has 1 rings (SSSR count). The summed E-state index contributed by atoms with van der Waals surface area (Å²) in [6.07, 6.45) is 4.84. The quantitative estimate of drug-likeness (QED) is 0.643. The number of hydrogen-bond acceptors (Lipinski definition) is 1. The molecule has 2 amide bonds. The van der Waals surface area contributed by atoms with Crippen molar-refractivity contribution >= 4 is 6.03 Å². The van der Waals surface area contributed by atoms with E-state index in [1.807, 2.05) is 16.8 Å². The van der Waals surface area contributed by atoms with Crippen LogP contribution in [0.1, 0.15) is 46.5 Å². The van der Waals surface area contributed by atoms with Gasteiger partial charge in [0, 0.05) is 25.7 Å². The highest BCUT2D eigenvalue weighted by atomic mass is 16.2. The lowest BCUT2D eigenvalue weighted by Crippen LogP contribution is -2.45. The molecule has 88 valence electrons. The number of urea groups is 1. The van der Waals surface area contributed by atoms with E-state index in [4.69, 9.17) is 0 Å². The highest BCUT2D eigenvalue weighted by molar-refractivity contribution is 5.77. The SMILES string of the molecule is CCCCCC(C)(C)N1CCN(C)C1=O. The van der Waals surface area contributed by atoms with Crippen molar-refractivity contribution in [3.05, 3.63) is 0 Å². The monoisotopic (exact) mass is 212 g/mol. The molecule has 0 radical (unpaired) electrons. The maximum absolute atomic E-state index is 11.8. The summed E-state index contributed by atoms with van der Waals surface area (Å²) in [7, 11) is 1.88. The van der Waals surface area contributed by atoms with Gasteiger partial charge in [0.25, 0.3) is 0 Å². The van der Waals surface area contributed by atoms with Crippen molar-refractivity contribution < 1.29 is 4.79 Å². The molecule has 0 N–H and O–H groups in total. The third kappa shape index (κ3) is 2.86. The fourth-order valence-corrected chi connectivity index (χ4v) is 2.15. The molecule has 0 atom stereocenters. The average Bonchev–Trinajstić information content (AvgIpc) is 2.48. The zero-order valence-electron chi connectivity index (χ0n) is 10.5. The van der Waals surface area contributed by atoms with Crippen LogP contribution in [-0.2, 0) is 0 Å². The van der Waals surface area contributed by atoms with Gasteiger partial charge >= 0.3 is 6.03 Å². The molecule has 1 aliphatic rings. The lowest BCUT2D eigenvalue weighted by Gasteiger charge is -2.35. The molecule has 15 heavy (non-hydrogen) atoms. The van der Waals surface area contributed by atoms with Crippen LogP contribution in [0.15, 0.2) is 0 Å². The third-order valence-corrected chi connectivity index (χ3v) is 3.34. The standard InChI is InChI=1S/C12H24N2O/c1-5-6-7-8-12(2,3)14-10-9-13(4)11(14)15/h5-10H2,1-4H3. The Kier molecular flexibility index (Phi) is 4.00. The van der Waals surface area contributed by atoms with Gasteiger partial charge in [0.2, 0.25) is 0 Å². The van der Waals surface area contributed by atoms with Crippen LogP contribution in [0.3, 0.4) is 0 Å². The van der Waals surface area contributed by atoms with E-state index >= 15 is 0 Å². The van der Waals surface area contributed by atoms with E-state index in [0.717, 1.165) is 19.5 Å². The molecular formula is C12H24N2O. The van der Waals surface area contributed by atoms with Gasteiger partial charge in [-0.2, -0.15) is 0 Å². The number of unbranched alkanes of at least 4 members (excludes halogenated alkanes) is 2. The first-order valence-corrected chi connectivity index (χ1v) is 6.02. The number of carbonyl (C=O) groups is 1. The zero-order valence-corrected chi connectivity index (χ0v) is 10.5. The summed E-state index contributed by atoms with van der Waals surface area (Å²) in [4.78, 5) is 15.7. The van der Waals surface area contributed by atoms with Crippen molar-refractivity contribution in [2.75, 3.05) is 20.1 Å². The Labute approximate surface area is 93.4 Å². The normalized spacial score (nSPS) is 17.7. The number of rotatable bonds is 5. The van der Waals surface area contributed by atoms with Crippen molar-refractivity contribution in [2.24, 2.45) is 0 Å². The van der Waals surface area contributed by atoms with E-state index in [1.54, 1.807) is 0 Å². The van der Waals surface area contributed by atoms with Gasteiger partial charge in [-0.3, -0.25) is 0 Å². The Morgan fingerprint density at radius 3 is 2.40 bits per heavy atom. The van der Waals surface area contributed by atoms with Crippen molar-refractivity contribution in [2.45, 2.75) is 52.0 Å². The van der Waals surface area contributed by atoms with Gasteiger partial charge in [-0.05, 0) is 20.3 Å². The van der Waals surface area contributed by atoms with Crippen LogP contribution in [-0.4, -0.2) is 41.5 Å². The van der Waals surface area contributed by atoms with Gasteiger partial charge in [-0.1, -0.05) is 26.2 Å². The molecule has 3 heteroatoms. The minimum atomic E-state index is 0.0248. The molecule has 1 aliphatic heterocycles. The van der Waals surface area contributed by atoms with Crippen molar-refractivity contribution in [3.8, 4) is 0 Å². The van der Waals surface area contributed by atoms with Gasteiger partial charge in [0.15, 0.2) is 0 Å². The number of carbonyl (C=O) groups excluding carboxylic acids is 1. The number of amides is 2. The van der Waals surface area contributed by atoms with Crippen LogP contribution < -0.4 is 0 Å².